The molecule has 112 valence electrons. The van der Waals surface area contributed by atoms with Gasteiger partial charge in [0.05, 0.1) is 22.7 Å². The zero-order chi connectivity index (χ0) is 15.6. The van der Waals surface area contributed by atoms with E-state index in [0.717, 1.165) is 5.56 Å². The molecule has 0 fully saturated rings. The van der Waals surface area contributed by atoms with Gasteiger partial charge in [-0.25, -0.2) is 8.42 Å². The fraction of sp³-hybridized carbons (Fsp3) is 0.143. The van der Waals surface area contributed by atoms with E-state index >= 15 is 0 Å². The van der Waals surface area contributed by atoms with Gasteiger partial charge >= 0.3 is 0 Å². The van der Waals surface area contributed by atoms with E-state index in [4.69, 9.17) is 22.1 Å². The number of ether oxygens (including phenoxy) is 1. The maximum absolute atomic E-state index is 12.4. The van der Waals surface area contributed by atoms with Crippen molar-refractivity contribution in [2.75, 3.05) is 17.6 Å². The number of rotatable bonds is 4. The Kier molecular flexibility index (Phi) is 4.29. The highest BCUT2D eigenvalue weighted by molar-refractivity contribution is 7.92. The normalized spacial score (nSPS) is 11.2. The Morgan fingerprint density at radius 3 is 2.52 bits per heavy atom. The van der Waals surface area contributed by atoms with E-state index < -0.39 is 10.0 Å². The van der Waals surface area contributed by atoms with E-state index in [2.05, 4.69) is 4.72 Å². The van der Waals surface area contributed by atoms with E-state index in [1.165, 1.54) is 19.2 Å². The third-order valence-electron chi connectivity index (χ3n) is 2.79. The molecule has 0 bridgehead atoms. The largest absolute Gasteiger partial charge is 0.495 e. The number of sulfonamides is 1. The van der Waals surface area contributed by atoms with Crippen LogP contribution in [0.5, 0.6) is 5.75 Å². The van der Waals surface area contributed by atoms with E-state index in [0.29, 0.717) is 22.1 Å². The second-order valence-electron chi connectivity index (χ2n) is 4.53. The van der Waals surface area contributed by atoms with Crippen molar-refractivity contribution in [3.8, 4) is 5.75 Å². The van der Waals surface area contributed by atoms with Gasteiger partial charge in [-0.3, -0.25) is 4.72 Å². The topological polar surface area (TPSA) is 81.4 Å². The van der Waals surface area contributed by atoms with Crippen molar-refractivity contribution in [2.45, 2.75) is 11.8 Å². The van der Waals surface area contributed by atoms with E-state index in [-0.39, 0.29) is 4.90 Å². The standard InChI is InChI=1S/C14H15ClN2O3S/c1-9-5-10(16)7-12(6-9)21(18,19)17-11-3-4-13(15)14(8-11)20-2/h3-8,17H,16H2,1-2H3. The molecule has 0 amide bonds. The van der Waals surface area contributed by atoms with Crippen LogP contribution in [0.3, 0.4) is 0 Å². The second-order valence-corrected chi connectivity index (χ2v) is 6.62. The van der Waals surface area contributed by atoms with Crippen molar-refractivity contribution in [2.24, 2.45) is 0 Å². The maximum atomic E-state index is 12.4. The van der Waals surface area contributed by atoms with Crippen LogP contribution in [0.25, 0.3) is 0 Å². The van der Waals surface area contributed by atoms with Gasteiger partial charge in [0.25, 0.3) is 10.0 Å². The van der Waals surface area contributed by atoms with Crippen LogP contribution in [-0.2, 0) is 10.0 Å². The van der Waals surface area contributed by atoms with Gasteiger partial charge in [0, 0.05) is 11.8 Å². The maximum Gasteiger partial charge on any atom is 0.261 e. The van der Waals surface area contributed by atoms with Crippen LogP contribution in [0.1, 0.15) is 5.56 Å². The lowest BCUT2D eigenvalue weighted by Gasteiger charge is -2.11. The Balaban J connectivity index is 2.37. The Labute approximate surface area is 128 Å². The van der Waals surface area contributed by atoms with Crippen molar-refractivity contribution < 1.29 is 13.2 Å². The average molecular weight is 327 g/mol. The smallest absolute Gasteiger partial charge is 0.261 e. The number of hydrogen-bond acceptors (Lipinski definition) is 4. The highest BCUT2D eigenvalue weighted by Crippen LogP contribution is 2.29. The van der Waals surface area contributed by atoms with Crippen LogP contribution < -0.4 is 15.2 Å². The monoisotopic (exact) mass is 326 g/mol. The molecule has 0 spiro atoms. The number of anilines is 2. The third kappa shape index (κ3) is 3.59. The molecule has 2 aromatic carbocycles. The first kappa shape index (κ1) is 15.5. The number of halogens is 1. The third-order valence-corrected chi connectivity index (χ3v) is 4.46. The molecule has 0 aliphatic carbocycles. The quantitative estimate of drug-likeness (QED) is 0.846. The minimum Gasteiger partial charge on any atom is -0.495 e. The Bertz CT molecular complexity index is 756. The summed E-state index contributed by atoms with van der Waals surface area (Å²) in [6.07, 6.45) is 0. The van der Waals surface area contributed by atoms with Crippen LogP contribution in [0, 0.1) is 6.92 Å². The highest BCUT2D eigenvalue weighted by Gasteiger charge is 2.16. The van der Waals surface area contributed by atoms with Crippen molar-refractivity contribution >= 4 is 33.0 Å². The zero-order valence-corrected chi connectivity index (χ0v) is 13.1. The lowest BCUT2D eigenvalue weighted by atomic mass is 10.2. The van der Waals surface area contributed by atoms with Crippen LogP contribution >= 0.6 is 11.6 Å². The fourth-order valence-electron chi connectivity index (χ4n) is 1.87. The molecular formula is C14H15ClN2O3S. The summed E-state index contributed by atoms with van der Waals surface area (Å²) in [4.78, 5) is 0.105. The molecule has 0 aromatic heterocycles. The molecule has 3 N–H and O–H groups in total. The summed E-state index contributed by atoms with van der Waals surface area (Å²) in [5.41, 5.74) is 7.20. The molecule has 0 aliphatic heterocycles. The summed E-state index contributed by atoms with van der Waals surface area (Å²) in [5, 5.41) is 0.403. The Hall–Kier alpha value is -1.92. The van der Waals surface area contributed by atoms with Gasteiger partial charge in [-0.05, 0) is 42.8 Å². The first-order valence-electron chi connectivity index (χ1n) is 6.05. The average Bonchev–Trinajstić information content (AvgIpc) is 2.39. The molecule has 7 heteroatoms. The number of nitrogen functional groups attached to an aromatic ring is 1. The summed E-state index contributed by atoms with van der Waals surface area (Å²) < 4.78 is 32.2. The van der Waals surface area contributed by atoms with E-state index in [9.17, 15) is 8.42 Å². The Morgan fingerprint density at radius 1 is 1.19 bits per heavy atom. The van der Waals surface area contributed by atoms with Gasteiger partial charge in [0.2, 0.25) is 0 Å². The van der Waals surface area contributed by atoms with Gasteiger partial charge < -0.3 is 10.5 Å². The highest BCUT2D eigenvalue weighted by atomic mass is 35.5. The second kappa shape index (κ2) is 5.83. The molecule has 2 aromatic rings. The number of benzene rings is 2. The van der Waals surface area contributed by atoms with Crippen molar-refractivity contribution in [3.05, 3.63) is 47.0 Å². The molecular weight excluding hydrogens is 312 g/mol. The van der Waals surface area contributed by atoms with Gasteiger partial charge in [-0.1, -0.05) is 11.6 Å². The molecule has 0 radical (unpaired) electrons. The molecule has 2 rings (SSSR count). The minimum absolute atomic E-state index is 0.105. The zero-order valence-electron chi connectivity index (χ0n) is 11.6. The lowest BCUT2D eigenvalue weighted by molar-refractivity contribution is 0.415. The van der Waals surface area contributed by atoms with Gasteiger partial charge in [0.1, 0.15) is 5.75 Å². The van der Waals surface area contributed by atoms with Crippen LogP contribution in [0.15, 0.2) is 41.3 Å². The number of nitrogens with two attached hydrogens (primary N) is 1. The van der Waals surface area contributed by atoms with Gasteiger partial charge in [-0.15, -0.1) is 0 Å². The number of methoxy groups -OCH3 is 1. The Morgan fingerprint density at radius 2 is 1.90 bits per heavy atom. The lowest BCUT2D eigenvalue weighted by Crippen LogP contribution is -2.13. The molecule has 5 nitrogen and oxygen atoms in total. The van der Waals surface area contributed by atoms with Crippen molar-refractivity contribution in [1.29, 1.82) is 0 Å². The van der Waals surface area contributed by atoms with Crippen LogP contribution in [0.4, 0.5) is 11.4 Å². The van der Waals surface area contributed by atoms with Gasteiger partial charge in [0.15, 0.2) is 0 Å². The molecule has 0 unspecified atom stereocenters. The van der Waals surface area contributed by atoms with Crippen LogP contribution in [0.2, 0.25) is 5.02 Å². The number of hydrogen-bond donors (Lipinski definition) is 2. The van der Waals surface area contributed by atoms with E-state index in [1.54, 1.807) is 31.2 Å². The molecule has 21 heavy (non-hydrogen) atoms. The van der Waals surface area contributed by atoms with Crippen molar-refractivity contribution in [3.63, 3.8) is 0 Å². The first-order valence-corrected chi connectivity index (χ1v) is 7.91. The molecule has 0 heterocycles. The minimum atomic E-state index is -3.72. The fourth-order valence-corrected chi connectivity index (χ4v) is 3.25. The summed E-state index contributed by atoms with van der Waals surface area (Å²) >= 11 is 5.91. The first-order chi connectivity index (χ1) is 9.81. The predicted molar refractivity (Wildman–Crippen MR) is 84.4 cm³/mol. The molecule has 0 aliphatic rings. The van der Waals surface area contributed by atoms with Crippen molar-refractivity contribution in [1.82, 2.24) is 0 Å². The number of nitrogens with one attached hydrogen (secondary N) is 1. The summed E-state index contributed by atoms with van der Waals surface area (Å²) in [6.45, 7) is 1.78. The molecule has 0 saturated heterocycles. The summed E-state index contributed by atoms with van der Waals surface area (Å²) in [7, 11) is -2.27. The predicted octanol–water partition coefficient (Wildman–Crippen LogP) is 3.04. The summed E-state index contributed by atoms with van der Waals surface area (Å²) in [5.74, 6) is 0.389. The van der Waals surface area contributed by atoms with Crippen LogP contribution in [-0.4, -0.2) is 15.5 Å². The van der Waals surface area contributed by atoms with E-state index in [1.807, 2.05) is 0 Å². The summed E-state index contributed by atoms with van der Waals surface area (Å²) in [6, 6.07) is 9.28. The SMILES string of the molecule is COc1cc(NS(=O)(=O)c2cc(C)cc(N)c2)ccc1Cl. The molecule has 0 saturated carbocycles. The molecule has 0 atom stereocenters. The number of aryl methyl sites for hydroxylation is 1. The van der Waals surface area contributed by atoms with Gasteiger partial charge in [-0.2, -0.15) is 0 Å².